The molecule has 0 saturated carbocycles. The van der Waals surface area contributed by atoms with Crippen molar-refractivity contribution in [2.24, 2.45) is 10.9 Å². The summed E-state index contributed by atoms with van der Waals surface area (Å²) in [5, 5.41) is 7.53. The van der Waals surface area contributed by atoms with Crippen LogP contribution in [0.25, 0.3) is 0 Å². The highest BCUT2D eigenvalue weighted by Gasteiger charge is 2.22. The number of aromatic nitrogens is 1. The fourth-order valence-corrected chi connectivity index (χ4v) is 3.48. The SMILES string of the molecule is CN=C(NCc1cc(C(C)C)no1)N1CCC(Cc2ccccc2)CC1. The molecule has 1 fully saturated rings. The van der Waals surface area contributed by atoms with Crippen molar-refractivity contribution in [2.75, 3.05) is 20.1 Å². The van der Waals surface area contributed by atoms with E-state index in [2.05, 4.69) is 64.5 Å². The van der Waals surface area contributed by atoms with Crippen molar-refractivity contribution < 1.29 is 4.52 Å². The van der Waals surface area contributed by atoms with Gasteiger partial charge in [-0.25, -0.2) is 0 Å². The van der Waals surface area contributed by atoms with Crippen LogP contribution in [0.4, 0.5) is 0 Å². The molecule has 0 atom stereocenters. The van der Waals surface area contributed by atoms with Gasteiger partial charge in [0.2, 0.25) is 0 Å². The fourth-order valence-electron chi connectivity index (χ4n) is 3.48. The number of nitrogens with zero attached hydrogens (tertiary/aromatic N) is 3. The fraction of sp³-hybridized carbons (Fsp3) is 0.524. The van der Waals surface area contributed by atoms with Gasteiger partial charge in [0.05, 0.1) is 12.2 Å². The molecule has 0 radical (unpaired) electrons. The summed E-state index contributed by atoms with van der Waals surface area (Å²) < 4.78 is 5.41. The summed E-state index contributed by atoms with van der Waals surface area (Å²) in [5.41, 5.74) is 2.44. The molecule has 1 aliphatic rings. The van der Waals surface area contributed by atoms with Crippen LogP contribution in [-0.2, 0) is 13.0 Å². The number of hydrogen-bond donors (Lipinski definition) is 1. The maximum atomic E-state index is 5.41. The molecule has 1 aliphatic heterocycles. The minimum Gasteiger partial charge on any atom is -0.359 e. The molecule has 1 saturated heterocycles. The number of rotatable bonds is 5. The van der Waals surface area contributed by atoms with E-state index in [4.69, 9.17) is 4.52 Å². The van der Waals surface area contributed by atoms with Gasteiger partial charge in [0.1, 0.15) is 0 Å². The molecular formula is C21H30N4O. The Balaban J connectivity index is 1.47. The third-order valence-electron chi connectivity index (χ3n) is 5.08. The first-order chi connectivity index (χ1) is 12.7. The average Bonchev–Trinajstić information content (AvgIpc) is 3.14. The second-order valence-electron chi connectivity index (χ2n) is 7.39. The number of benzene rings is 1. The molecule has 5 nitrogen and oxygen atoms in total. The zero-order valence-electron chi connectivity index (χ0n) is 16.1. The highest BCUT2D eigenvalue weighted by molar-refractivity contribution is 5.79. The predicted molar refractivity (Wildman–Crippen MR) is 105 cm³/mol. The smallest absolute Gasteiger partial charge is 0.194 e. The van der Waals surface area contributed by atoms with Gasteiger partial charge >= 0.3 is 0 Å². The van der Waals surface area contributed by atoms with Crippen LogP contribution in [0.15, 0.2) is 45.9 Å². The third-order valence-corrected chi connectivity index (χ3v) is 5.08. The number of piperidine rings is 1. The largest absolute Gasteiger partial charge is 0.359 e. The molecule has 0 bridgehead atoms. The monoisotopic (exact) mass is 354 g/mol. The molecule has 0 spiro atoms. The van der Waals surface area contributed by atoms with Gasteiger partial charge < -0.3 is 14.7 Å². The van der Waals surface area contributed by atoms with Gasteiger partial charge in [0.15, 0.2) is 11.7 Å². The maximum absolute atomic E-state index is 5.41. The van der Waals surface area contributed by atoms with Crippen LogP contribution in [0.1, 0.15) is 49.6 Å². The molecule has 0 aliphatic carbocycles. The Morgan fingerprint density at radius 2 is 2.00 bits per heavy atom. The molecule has 5 heteroatoms. The Morgan fingerprint density at radius 1 is 1.27 bits per heavy atom. The molecule has 2 heterocycles. The Kier molecular flexibility index (Phi) is 6.31. The van der Waals surface area contributed by atoms with Gasteiger partial charge in [-0.05, 0) is 36.7 Å². The molecule has 0 amide bonds. The molecule has 1 aromatic heterocycles. The van der Waals surface area contributed by atoms with E-state index < -0.39 is 0 Å². The first-order valence-corrected chi connectivity index (χ1v) is 9.60. The van der Waals surface area contributed by atoms with Gasteiger partial charge in [-0.3, -0.25) is 4.99 Å². The minimum atomic E-state index is 0.385. The van der Waals surface area contributed by atoms with Crippen LogP contribution in [0.5, 0.6) is 0 Å². The van der Waals surface area contributed by atoms with E-state index in [1.54, 1.807) is 0 Å². The summed E-state index contributed by atoms with van der Waals surface area (Å²) in [6.07, 6.45) is 3.58. The lowest BCUT2D eigenvalue weighted by molar-refractivity contribution is 0.258. The average molecular weight is 354 g/mol. The maximum Gasteiger partial charge on any atom is 0.194 e. The molecule has 1 N–H and O–H groups in total. The lowest BCUT2D eigenvalue weighted by Gasteiger charge is -2.34. The Labute approximate surface area is 156 Å². The van der Waals surface area contributed by atoms with Gasteiger partial charge in [0, 0.05) is 26.2 Å². The zero-order chi connectivity index (χ0) is 18.4. The lowest BCUT2D eigenvalue weighted by Crippen LogP contribution is -2.45. The number of nitrogens with one attached hydrogen (secondary N) is 1. The first-order valence-electron chi connectivity index (χ1n) is 9.60. The van der Waals surface area contributed by atoms with E-state index >= 15 is 0 Å². The minimum absolute atomic E-state index is 0.385. The number of guanidine groups is 1. The highest BCUT2D eigenvalue weighted by atomic mass is 16.5. The van der Waals surface area contributed by atoms with E-state index in [0.29, 0.717) is 12.5 Å². The number of aliphatic imine (C=N–C) groups is 1. The molecule has 0 unspecified atom stereocenters. The van der Waals surface area contributed by atoms with E-state index in [-0.39, 0.29) is 0 Å². The molecular weight excluding hydrogens is 324 g/mol. The van der Waals surface area contributed by atoms with E-state index in [9.17, 15) is 0 Å². The van der Waals surface area contributed by atoms with Crippen molar-refractivity contribution >= 4 is 5.96 Å². The molecule has 1 aromatic carbocycles. The topological polar surface area (TPSA) is 53.7 Å². The first kappa shape index (κ1) is 18.5. The summed E-state index contributed by atoms with van der Waals surface area (Å²) in [6, 6.07) is 12.8. The number of hydrogen-bond acceptors (Lipinski definition) is 3. The third kappa shape index (κ3) is 4.87. The lowest BCUT2D eigenvalue weighted by atomic mass is 9.90. The van der Waals surface area contributed by atoms with Crippen LogP contribution in [0.3, 0.4) is 0 Å². The van der Waals surface area contributed by atoms with E-state index in [1.165, 1.54) is 24.8 Å². The standard InChI is InChI=1S/C21H30N4O/c1-16(2)20-14-19(26-24-20)15-23-21(22-3)25-11-9-18(10-12-25)13-17-7-5-4-6-8-17/h4-8,14,16,18H,9-13,15H2,1-3H3,(H,22,23). The normalized spacial score (nSPS) is 16.3. The molecule has 140 valence electrons. The molecule has 2 aromatic rings. The van der Waals surface area contributed by atoms with Crippen molar-refractivity contribution in [1.29, 1.82) is 0 Å². The van der Waals surface area contributed by atoms with Crippen molar-refractivity contribution in [3.05, 3.63) is 53.4 Å². The Bertz CT molecular complexity index is 700. The van der Waals surface area contributed by atoms with E-state index in [1.807, 2.05) is 13.1 Å². The van der Waals surface area contributed by atoms with Crippen LogP contribution < -0.4 is 5.32 Å². The van der Waals surface area contributed by atoms with Crippen molar-refractivity contribution in [2.45, 2.75) is 45.6 Å². The van der Waals surface area contributed by atoms with Crippen molar-refractivity contribution in [1.82, 2.24) is 15.4 Å². The van der Waals surface area contributed by atoms with Gasteiger partial charge in [-0.1, -0.05) is 49.3 Å². The van der Waals surface area contributed by atoms with E-state index in [0.717, 1.165) is 36.4 Å². The summed E-state index contributed by atoms with van der Waals surface area (Å²) in [4.78, 5) is 6.80. The van der Waals surface area contributed by atoms with Gasteiger partial charge in [-0.15, -0.1) is 0 Å². The highest BCUT2D eigenvalue weighted by Crippen LogP contribution is 2.22. The summed E-state index contributed by atoms with van der Waals surface area (Å²) in [6.45, 7) is 6.95. The molecule has 26 heavy (non-hydrogen) atoms. The quantitative estimate of drug-likeness (QED) is 0.655. The summed E-state index contributed by atoms with van der Waals surface area (Å²) in [7, 11) is 1.85. The van der Waals surface area contributed by atoms with Crippen LogP contribution in [0, 0.1) is 5.92 Å². The van der Waals surface area contributed by atoms with Gasteiger partial charge in [-0.2, -0.15) is 0 Å². The number of likely N-dealkylation sites (tertiary alicyclic amines) is 1. The Morgan fingerprint density at radius 3 is 2.62 bits per heavy atom. The van der Waals surface area contributed by atoms with Crippen LogP contribution in [0.2, 0.25) is 0 Å². The predicted octanol–water partition coefficient (Wildman–Crippen LogP) is 3.83. The van der Waals surface area contributed by atoms with Crippen molar-refractivity contribution in [3.8, 4) is 0 Å². The Hall–Kier alpha value is -2.30. The zero-order valence-corrected chi connectivity index (χ0v) is 16.1. The second-order valence-corrected chi connectivity index (χ2v) is 7.39. The van der Waals surface area contributed by atoms with Crippen LogP contribution in [-0.4, -0.2) is 36.2 Å². The van der Waals surface area contributed by atoms with Gasteiger partial charge in [0.25, 0.3) is 0 Å². The van der Waals surface area contributed by atoms with Crippen molar-refractivity contribution in [3.63, 3.8) is 0 Å². The summed E-state index contributed by atoms with van der Waals surface area (Å²) >= 11 is 0. The summed E-state index contributed by atoms with van der Waals surface area (Å²) in [5.74, 6) is 2.95. The van der Waals surface area contributed by atoms with Crippen LogP contribution >= 0.6 is 0 Å². The molecule has 3 rings (SSSR count). The second kappa shape index (κ2) is 8.88.